The number of guanidine groups is 1. The maximum Gasteiger partial charge on any atom is 0.309 e. The number of furan rings is 1. The number of benzene rings is 1. The first-order chi connectivity index (χ1) is 15.1. The average Bonchev–Trinajstić information content (AvgIpc) is 3.32. The van der Waals surface area contributed by atoms with E-state index >= 15 is 0 Å². The van der Waals surface area contributed by atoms with Crippen LogP contribution in [0, 0.1) is 5.92 Å². The molecule has 0 unspecified atom stereocenters. The number of amides is 1. The van der Waals surface area contributed by atoms with Gasteiger partial charge in [-0.1, -0.05) is 12.1 Å². The van der Waals surface area contributed by atoms with Crippen molar-refractivity contribution in [1.29, 1.82) is 0 Å². The van der Waals surface area contributed by atoms with E-state index in [1.165, 1.54) is 0 Å². The number of rotatable bonds is 7. The first kappa shape index (κ1) is 22.4. The minimum Gasteiger partial charge on any atom is -0.467 e. The van der Waals surface area contributed by atoms with E-state index in [0.717, 1.165) is 37.5 Å². The summed E-state index contributed by atoms with van der Waals surface area (Å²) in [4.78, 5) is 30.9. The molecule has 1 aliphatic rings. The highest BCUT2D eigenvalue weighted by Gasteiger charge is 2.27. The summed E-state index contributed by atoms with van der Waals surface area (Å²) in [5.41, 5.74) is 1.57. The van der Waals surface area contributed by atoms with Crippen LogP contribution in [0.2, 0.25) is 0 Å². The predicted octanol–water partition coefficient (Wildman–Crippen LogP) is 2.56. The van der Waals surface area contributed by atoms with Crippen LogP contribution in [0.5, 0.6) is 0 Å². The van der Waals surface area contributed by atoms with Crippen LogP contribution in [-0.2, 0) is 22.6 Å². The Bertz CT molecular complexity index is 887. The molecule has 0 bridgehead atoms. The number of nitrogens with zero attached hydrogens (tertiary/aromatic N) is 2. The zero-order valence-corrected chi connectivity index (χ0v) is 18.1. The van der Waals surface area contributed by atoms with E-state index in [1.54, 1.807) is 25.4 Å². The highest BCUT2D eigenvalue weighted by atomic mass is 16.5. The fourth-order valence-electron chi connectivity index (χ4n) is 3.61. The number of aliphatic imine (C=N–C) groups is 1. The van der Waals surface area contributed by atoms with Gasteiger partial charge >= 0.3 is 5.97 Å². The summed E-state index contributed by atoms with van der Waals surface area (Å²) in [7, 11) is 1.75. The van der Waals surface area contributed by atoms with Gasteiger partial charge in [0, 0.05) is 32.2 Å². The van der Waals surface area contributed by atoms with Crippen molar-refractivity contribution < 1.29 is 18.7 Å². The van der Waals surface area contributed by atoms with Crippen molar-refractivity contribution in [2.45, 2.75) is 32.9 Å². The number of esters is 1. The topological polar surface area (TPSA) is 96.2 Å². The summed E-state index contributed by atoms with van der Waals surface area (Å²) in [5, 5.41) is 6.21. The highest BCUT2D eigenvalue weighted by Crippen LogP contribution is 2.19. The first-order valence-corrected chi connectivity index (χ1v) is 10.6. The quantitative estimate of drug-likeness (QED) is 0.401. The largest absolute Gasteiger partial charge is 0.467 e. The number of likely N-dealkylation sites (tertiary alicyclic amines) is 1. The molecule has 2 N–H and O–H groups in total. The standard InChI is InChI=1S/C23H30N4O4/c1-3-30-22(29)18-9-11-27(12-10-18)23(24-2)26-15-17-6-4-7-19(14-17)21(28)25-16-20-8-5-13-31-20/h4-8,13-14,18H,3,9-12,15-16H2,1-2H3,(H,24,26)(H,25,28). The van der Waals surface area contributed by atoms with E-state index < -0.39 is 0 Å². The van der Waals surface area contributed by atoms with E-state index in [9.17, 15) is 9.59 Å². The molecule has 8 heteroatoms. The number of hydrogen-bond donors (Lipinski definition) is 2. The molecule has 0 spiro atoms. The number of hydrogen-bond acceptors (Lipinski definition) is 5. The SMILES string of the molecule is CCOC(=O)C1CCN(C(=NC)NCc2cccc(C(=O)NCc3ccco3)c2)CC1. The Kier molecular flexibility index (Phi) is 8.09. The Balaban J connectivity index is 1.50. The second-order valence-electron chi connectivity index (χ2n) is 7.38. The van der Waals surface area contributed by atoms with Crippen molar-refractivity contribution in [2.24, 2.45) is 10.9 Å². The summed E-state index contributed by atoms with van der Waals surface area (Å²) >= 11 is 0. The maximum absolute atomic E-state index is 12.4. The minimum absolute atomic E-state index is 0.0364. The predicted molar refractivity (Wildman–Crippen MR) is 117 cm³/mol. The third-order valence-electron chi connectivity index (χ3n) is 5.27. The van der Waals surface area contributed by atoms with Gasteiger partial charge < -0.3 is 24.7 Å². The van der Waals surface area contributed by atoms with E-state index in [-0.39, 0.29) is 17.8 Å². The van der Waals surface area contributed by atoms with Crippen molar-refractivity contribution in [2.75, 3.05) is 26.7 Å². The molecule has 31 heavy (non-hydrogen) atoms. The van der Waals surface area contributed by atoms with Gasteiger partial charge in [0.1, 0.15) is 5.76 Å². The Morgan fingerprint density at radius 2 is 1.97 bits per heavy atom. The molecule has 1 aromatic heterocycles. The normalized spacial score (nSPS) is 14.9. The molecule has 1 amide bonds. The van der Waals surface area contributed by atoms with Gasteiger partial charge in [-0.15, -0.1) is 0 Å². The summed E-state index contributed by atoms with van der Waals surface area (Å²) in [5.74, 6) is 1.21. The third kappa shape index (κ3) is 6.34. The number of nitrogens with one attached hydrogen (secondary N) is 2. The lowest BCUT2D eigenvalue weighted by molar-refractivity contribution is -0.149. The summed E-state index contributed by atoms with van der Waals surface area (Å²) in [6.07, 6.45) is 3.09. The van der Waals surface area contributed by atoms with Crippen LogP contribution in [0.1, 0.15) is 41.4 Å². The molecule has 1 fully saturated rings. The molecule has 1 aromatic carbocycles. The number of carbonyl (C=O) groups excluding carboxylic acids is 2. The van der Waals surface area contributed by atoms with Crippen LogP contribution in [0.25, 0.3) is 0 Å². The Morgan fingerprint density at radius 3 is 2.65 bits per heavy atom. The van der Waals surface area contributed by atoms with Crippen molar-refractivity contribution in [1.82, 2.24) is 15.5 Å². The highest BCUT2D eigenvalue weighted by molar-refractivity contribution is 5.94. The van der Waals surface area contributed by atoms with E-state index in [4.69, 9.17) is 9.15 Å². The third-order valence-corrected chi connectivity index (χ3v) is 5.27. The van der Waals surface area contributed by atoms with Crippen LogP contribution in [-0.4, -0.2) is 49.5 Å². The minimum atomic E-state index is -0.149. The van der Waals surface area contributed by atoms with Gasteiger partial charge in [-0.3, -0.25) is 14.6 Å². The van der Waals surface area contributed by atoms with Crippen molar-refractivity contribution >= 4 is 17.8 Å². The van der Waals surface area contributed by atoms with Gasteiger partial charge in [-0.2, -0.15) is 0 Å². The van der Waals surface area contributed by atoms with Crippen molar-refractivity contribution in [3.63, 3.8) is 0 Å². The molecule has 0 aliphatic carbocycles. The van der Waals surface area contributed by atoms with Crippen LogP contribution >= 0.6 is 0 Å². The number of ether oxygens (including phenoxy) is 1. The molecule has 1 saturated heterocycles. The number of carbonyl (C=O) groups is 2. The monoisotopic (exact) mass is 426 g/mol. The average molecular weight is 427 g/mol. The molecule has 2 heterocycles. The second kappa shape index (κ2) is 11.2. The van der Waals surface area contributed by atoms with Crippen LogP contribution in [0.15, 0.2) is 52.1 Å². The van der Waals surface area contributed by atoms with Gasteiger partial charge in [-0.05, 0) is 49.6 Å². The molecule has 0 saturated carbocycles. The molecule has 0 radical (unpaired) electrons. The van der Waals surface area contributed by atoms with Gasteiger partial charge in [0.25, 0.3) is 5.91 Å². The first-order valence-electron chi connectivity index (χ1n) is 10.6. The van der Waals surface area contributed by atoms with Crippen LogP contribution in [0.3, 0.4) is 0 Å². The van der Waals surface area contributed by atoms with Gasteiger partial charge in [-0.25, -0.2) is 0 Å². The second-order valence-corrected chi connectivity index (χ2v) is 7.38. The molecule has 8 nitrogen and oxygen atoms in total. The lowest BCUT2D eigenvalue weighted by Gasteiger charge is -2.33. The zero-order chi connectivity index (χ0) is 22.1. The molecular formula is C23H30N4O4. The van der Waals surface area contributed by atoms with E-state index in [0.29, 0.717) is 31.0 Å². The number of piperidine rings is 1. The van der Waals surface area contributed by atoms with Crippen molar-refractivity contribution in [3.8, 4) is 0 Å². The van der Waals surface area contributed by atoms with Gasteiger partial charge in [0.15, 0.2) is 5.96 Å². The fraction of sp³-hybridized carbons (Fsp3) is 0.435. The van der Waals surface area contributed by atoms with E-state index in [1.807, 2.05) is 31.2 Å². The molecular weight excluding hydrogens is 396 g/mol. The van der Waals surface area contributed by atoms with Crippen LogP contribution in [0.4, 0.5) is 0 Å². The zero-order valence-electron chi connectivity index (χ0n) is 18.1. The fourth-order valence-corrected chi connectivity index (χ4v) is 3.61. The lowest BCUT2D eigenvalue weighted by Crippen LogP contribution is -2.46. The smallest absolute Gasteiger partial charge is 0.309 e. The molecule has 1 aliphatic heterocycles. The summed E-state index contributed by atoms with van der Waals surface area (Å²) in [6, 6.07) is 11.1. The van der Waals surface area contributed by atoms with Crippen LogP contribution < -0.4 is 10.6 Å². The van der Waals surface area contributed by atoms with Gasteiger partial charge in [0.05, 0.1) is 25.3 Å². The molecule has 3 rings (SSSR count). The summed E-state index contributed by atoms with van der Waals surface area (Å²) in [6.45, 7) is 4.64. The molecule has 0 atom stereocenters. The molecule has 166 valence electrons. The maximum atomic E-state index is 12.4. The lowest BCUT2D eigenvalue weighted by atomic mass is 9.97. The Morgan fingerprint density at radius 1 is 1.16 bits per heavy atom. The van der Waals surface area contributed by atoms with Gasteiger partial charge in [0.2, 0.25) is 0 Å². The Hall–Kier alpha value is -3.29. The molecule has 2 aromatic rings. The summed E-state index contributed by atoms with van der Waals surface area (Å²) < 4.78 is 10.4. The van der Waals surface area contributed by atoms with Crippen molar-refractivity contribution in [3.05, 3.63) is 59.5 Å². The van der Waals surface area contributed by atoms with E-state index in [2.05, 4.69) is 20.5 Å². The Labute approximate surface area is 182 Å².